The Balaban J connectivity index is 2.07. The number of amides is 1. The third kappa shape index (κ3) is 5.77. The molecule has 0 unspecified atom stereocenters. The predicted octanol–water partition coefficient (Wildman–Crippen LogP) is 4.29. The van der Waals surface area contributed by atoms with Gasteiger partial charge in [0.15, 0.2) is 6.61 Å². The number of ether oxygens (including phenoxy) is 1. The Kier molecular flexibility index (Phi) is 6.92. The van der Waals surface area contributed by atoms with Gasteiger partial charge in [0.05, 0.1) is 22.1 Å². The van der Waals surface area contributed by atoms with Crippen molar-refractivity contribution in [2.24, 2.45) is 0 Å². The average Bonchev–Trinajstić information content (AvgIpc) is 2.67. The molecule has 0 heterocycles. The van der Waals surface area contributed by atoms with E-state index in [0.717, 1.165) is 12.1 Å². The second-order valence-corrected chi connectivity index (χ2v) is 6.01. The van der Waals surface area contributed by atoms with Crippen LogP contribution in [0.25, 0.3) is 0 Å². The van der Waals surface area contributed by atoms with Gasteiger partial charge in [-0.2, -0.15) is 13.2 Å². The normalized spacial score (nSPS) is 12.1. The molecule has 0 aliphatic rings. The number of anilines is 1. The van der Waals surface area contributed by atoms with E-state index in [1.165, 1.54) is 0 Å². The number of benzene rings is 2. The largest absolute Gasteiger partial charge is 0.455 e. The standard InChI is InChI=1S/C19H17F3N2O5/c1-2-14(12-6-4-3-5-7-12)18(26)29-11-17(25)23-16-9-8-13(24(27)28)10-15(16)19(20,21)22/h3-10,14H,2,11H2,1H3,(H,23,25)/t14-/m1/s1. The van der Waals surface area contributed by atoms with Gasteiger partial charge in [0.25, 0.3) is 11.6 Å². The van der Waals surface area contributed by atoms with Crippen molar-refractivity contribution >= 4 is 23.3 Å². The van der Waals surface area contributed by atoms with Crippen molar-refractivity contribution in [3.05, 3.63) is 69.8 Å². The number of esters is 1. The third-order valence-electron chi connectivity index (χ3n) is 4.03. The van der Waals surface area contributed by atoms with Crippen LogP contribution in [-0.4, -0.2) is 23.4 Å². The van der Waals surface area contributed by atoms with Crippen molar-refractivity contribution in [3.63, 3.8) is 0 Å². The molecule has 1 amide bonds. The molecule has 154 valence electrons. The molecule has 29 heavy (non-hydrogen) atoms. The number of alkyl halides is 3. The summed E-state index contributed by atoms with van der Waals surface area (Å²) in [6, 6.07) is 10.6. The number of halogens is 3. The zero-order valence-electron chi connectivity index (χ0n) is 15.2. The number of nitrogens with zero attached hydrogens (tertiary/aromatic N) is 1. The van der Waals surface area contributed by atoms with E-state index in [0.29, 0.717) is 18.1 Å². The number of carbonyl (C=O) groups excluding carboxylic acids is 2. The van der Waals surface area contributed by atoms with Crippen LogP contribution in [-0.2, 0) is 20.5 Å². The Morgan fingerprint density at radius 2 is 1.83 bits per heavy atom. The quantitative estimate of drug-likeness (QED) is 0.417. The lowest BCUT2D eigenvalue weighted by molar-refractivity contribution is -0.385. The lowest BCUT2D eigenvalue weighted by Gasteiger charge is -2.16. The first-order valence-corrected chi connectivity index (χ1v) is 8.50. The van der Waals surface area contributed by atoms with Gasteiger partial charge in [-0.15, -0.1) is 0 Å². The van der Waals surface area contributed by atoms with Crippen molar-refractivity contribution in [1.29, 1.82) is 0 Å². The maximum Gasteiger partial charge on any atom is 0.418 e. The highest BCUT2D eigenvalue weighted by Crippen LogP contribution is 2.37. The van der Waals surface area contributed by atoms with Crippen LogP contribution in [0.2, 0.25) is 0 Å². The van der Waals surface area contributed by atoms with E-state index in [2.05, 4.69) is 0 Å². The molecule has 0 aromatic heterocycles. The molecule has 0 radical (unpaired) electrons. The minimum atomic E-state index is -4.92. The Labute approximate surface area is 163 Å². The fourth-order valence-corrected chi connectivity index (χ4v) is 2.64. The molecule has 0 fully saturated rings. The lowest BCUT2D eigenvalue weighted by atomic mass is 9.97. The topological polar surface area (TPSA) is 98.5 Å². The van der Waals surface area contributed by atoms with Gasteiger partial charge in [-0.05, 0) is 18.1 Å². The smallest absolute Gasteiger partial charge is 0.418 e. The molecule has 1 atom stereocenters. The van der Waals surface area contributed by atoms with Crippen molar-refractivity contribution in [1.82, 2.24) is 0 Å². The molecule has 0 aliphatic carbocycles. The number of nitro benzene ring substituents is 1. The van der Waals surface area contributed by atoms with Crippen molar-refractivity contribution in [2.45, 2.75) is 25.4 Å². The first kappa shape index (κ1) is 21.9. The molecular weight excluding hydrogens is 393 g/mol. The van der Waals surface area contributed by atoms with E-state index in [4.69, 9.17) is 4.74 Å². The van der Waals surface area contributed by atoms with Gasteiger partial charge in [0.1, 0.15) is 0 Å². The molecular formula is C19H17F3N2O5. The Morgan fingerprint density at radius 3 is 2.38 bits per heavy atom. The summed E-state index contributed by atoms with van der Waals surface area (Å²) < 4.78 is 44.3. The van der Waals surface area contributed by atoms with E-state index in [1.54, 1.807) is 37.3 Å². The SMILES string of the molecule is CC[C@@H](C(=O)OCC(=O)Nc1ccc([N+](=O)[O-])cc1C(F)(F)F)c1ccccc1. The summed E-state index contributed by atoms with van der Waals surface area (Å²) >= 11 is 0. The highest BCUT2D eigenvalue weighted by molar-refractivity contribution is 5.94. The summed E-state index contributed by atoms with van der Waals surface area (Å²) in [6.07, 6.45) is -4.52. The van der Waals surface area contributed by atoms with Crippen LogP contribution in [0.1, 0.15) is 30.4 Å². The highest BCUT2D eigenvalue weighted by atomic mass is 19.4. The molecule has 1 N–H and O–H groups in total. The van der Waals surface area contributed by atoms with Crippen LogP contribution in [0.4, 0.5) is 24.5 Å². The fourth-order valence-electron chi connectivity index (χ4n) is 2.64. The number of nitro groups is 1. The number of hydrogen-bond donors (Lipinski definition) is 1. The summed E-state index contributed by atoms with van der Waals surface area (Å²) in [7, 11) is 0. The first-order valence-electron chi connectivity index (χ1n) is 8.50. The lowest BCUT2D eigenvalue weighted by Crippen LogP contribution is -2.25. The van der Waals surface area contributed by atoms with Gasteiger partial charge in [-0.1, -0.05) is 37.3 Å². The highest BCUT2D eigenvalue weighted by Gasteiger charge is 2.35. The molecule has 0 saturated heterocycles. The fraction of sp³-hybridized carbons (Fsp3) is 0.263. The van der Waals surface area contributed by atoms with E-state index < -0.39 is 52.4 Å². The van der Waals surface area contributed by atoms with Gasteiger partial charge in [0, 0.05) is 12.1 Å². The summed E-state index contributed by atoms with van der Waals surface area (Å²) in [4.78, 5) is 33.9. The van der Waals surface area contributed by atoms with Crippen LogP contribution < -0.4 is 5.32 Å². The maximum absolute atomic E-state index is 13.1. The number of nitrogens with one attached hydrogen (secondary N) is 1. The summed E-state index contributed by atoms with van der Waals surface area (Å²) in [5.41, 5.74) is -2.12. The van der Waals surface area contributed by atoms with E-state index in [1.807, 2.05) is 5.32 Å². The minimum absolute atomic E-state index is 0.324. The summed E-state index contributed by atoms with van der Waals surface area (Å²) in [5, 5.41) is 12.7. The zero-order chi connectivity index (χ0) is 21.6. The number of hydrogen-bond acceptors (Lipinski definition) is 5. The van der Waals surface area contributed by atoms with E-state index >= 15 is 0 Å². The van der Waals surface area contributed by atoms with Gasteiger partial charge in [-0.25, -0.2) is 0 Å². The van der Waals surface area contributed by atoms with Gasteiger partial charge in [-0.3, -0.25) is 19.7 Å². The molecule has 2 aromatic carbocycles. The summed E-state index contributed by atoms with van der Waals surface area (Å²) in [6.45, 7) is 0.960. The Hall–Kier alpha value is -3.43. The number of carbonyl (C=O) groups is 2. The molecule has 7 nitrogen and oxygen atoms in total. The number of rotatable bonds is 7. The van der Waals surface area contributed by atoms with Gasteiger partial charge >= 0.3 is 12.1 Å². The molecule has 2 aromatic rings. The second kappa shape index (κ2) is 9.18. The van der Waals surface area contributed by atoms with Crippen LogP contribution in [0, 0.1) is 10.1 Å². The van der Waals surface area contributed by atoms with E-state index in [-0.39, 0.29) is 0 Å². The van der Waals surface area contributed by atoms with Gasteiger partial charge in [0.2, 0.25) is 0 Å². The summed E-state index contributed by atoms with van der Waals surface area (Å²) in [5.74, 6) is -2.30. The molecule has 0 bridgehead atoms. The van der Waals surface area contributed by atoms with Crippen molar-refractivity contribution < 1.29 is 32.4 Å². The average molecular weight is 410 g/mol. The third-order valence-corrected chi connectivity index (χ3v) is 4.03. The molecule has 0 spiro atoms. The Bertz CT molecular complexity index is 900. The van der Waals surface area contributed by atoms with Crippen LogP contribution in [0.5, 0.6) is 0 Å². The van der Waals surface area contributed by atoms with Crippen LogP contribution in [0.3, 0.4) is 0 Å². The molecule has 10 heteroatoms. The zero-order valence-corrected chi connectivity index (χ0v) is 15.2. The molecule has 2 rings (SSSR count). The van der Waals surface area contributed by atoms with Crippen molar-refractivity contribution in [3.8, 4) is 0 Å². The second-order valence-electron chi connectivity index (χ2n) is 6.01. The first-order chi connectivity index (χ1) is 13.6. The van der Waals surface area contributed by atoms with Crippen LogP contribution in [0.15, 0.2) is 48.5 Å². The van der Waals surface area contributed by atoms with Crippen LogP contribution >= 0.6 is 0 Å². The predicted molar refractivity (Wildman–Crippen MR) is 97.2 cm³/mol. The van der Waals surface area contributed by atoms with Gasteiger partial charge < -0.3 is 10.1 Å². The van der Waals surface area contributed by atoms with Crippen molar-refractivity contribution in [2.75, 3.05) is 11.9 Å². The molecule has 0 saturated carbocycles. The Morgan fingerprint density at radius 1 is 1.17 bits per heavy atom. The minimum Gasteiger partial charge on any atom is -0.455 e. The maximum atomic E-state index is 13.1. The van der Waals surface area contributed by atoms with E-state index in [9.17, 15) is 32.9 Å². The number of non-ortho nitro benzene ring substituents is 1. The monoisotopic (exact) mass is 410 g/mol. The molecule has 0 aliphatic heterocycles.